The van der Waals surface area contributed by atoms with Gasteiger partial charge in [0.05, 0.1) is 36.2 Å². The van der Waals surface area contributed by atoms with Gasteiger partial charge in [0.25, 0.3) is 5.91 Å². The van der Waals surface area contributed by atoms with Crippen LogP contribution < -0.4 is 10.3 Å². The Hall–Kier alpha value is -4.14. The lowest BCUT2D eigenvalue weighted by Crippen LogP contribution is -2.55. The van der Waals surface area contributed by atoms with Crippen LogP contribution in [-0.2, 0) is 29.3 Å². The van der Waals surface area contributed by atoms with Gasteiger partial charge in [0.1, 0.15) is 0 Å². The Labute approximate surface area is 219 Å². The smallest absolute Gasteiger partial charge is 0.300 e. The molecule has 0 saturated carbocycles. The predicted octanol–water partition coefficient (Wildman–Crippen LogP) is 3.10. The zero-order valence-electron chi connectivity index (χ0n) is 20.7. The van der Waals surface area contributed by atoms with Gasteiger partial charge in [-0.2, -0.15) is 5.10 Å². The lowest BCUT2D eigenvalue weighted by molar-refractivity contribution is -0.176. The predicted molar refractivity (Wildman–Crippen MR) is 138 cm³/mol. The van der Waals surface area contributed by atoms with Gasteiger partial charge in [0, 0.05) is 12.1 Å². The minimum atomic E-state index is -1.43. The minimum Gasteiger partial charge on any atom is -0.340 e. The number of hydrogen-bond donors (Lipinski definition) is 1. The normalized spacial score (nSPS) is 28.3. The number of imide groups is 1. The third-order valence-corrected chi connectivity index (χ3v) is 8.38. The SMILES string of the molecule is CC1(C(=O)N/N=C\C23c4ccccc4C(c4ccccc42)[C@@H]2C(=O)N(c4ccccc4)C(=O)[C@@H]23)OCCO1. The molecule has 2 aliphatic heterocycles. The van der Waals surface area contributed by atoms with Crippen LogP contribution in [0.2, 0.25) is 0 Å². The molecule has 3 aromatic rings. The van der Waals surface area contributed by atoms with Crippen LogP contribution in [-0.4, -0.2) is 42.9 Å². The molecule has 2 saturated heterocycles. The summed E-state index contributed by atoms with van der Waals surface area (Å²) in [7, 11) is 0. The van der Waals surface area contributed by atoms with E-state index in [0.717, 1.165) is 22.3 Å². The third kappa shape index (κ3) is 2.92. The second kappa shape index (κ2) is 8.18. The first kappa shape index (κ1) is 23.0. The van der Waals surface area contributed by atoms with Gasteiger partial charge < -0.3 is 9.47 Å². The summed E-state index contributed by atoms with van der Waals surface area (Å²) in [5.74, 6) is -4.05. The number of carbonyl (C=O) groups excluding carboxylic acids is 3. The van der Waals surface area contributed by atoms with Crippen LogP contribution in [0.1, 0.15) is 35.1 Å². The van der Waals surface area contributed by atoms with E-state index in [1.54, 1.807) is 25.3 Å². The molecule has 8 heteroatoms. The number of amides is 3. The van der Waals surface area contributed by atoms with Gasteiger partial charge in [-0.05, 0) is 41.3 Å². The zero-order valence-corrected chi connectivity index (χ0v) is 20.7. The molecule has 2 heterocycles. The molecule has 2 fully saturated rings. The summed E-state index contributed by atoms with van der Waals surface area (Å²) in [5, 5.41) is 4.40. The molecular formula is C30H25N3O5. The number of nitrogens with zero attached hydrogens (tertiary/aromatic N) is 2. The highest BCUT2D eigenvalue weighted by atomic mass is 16.7. The second-order valence-corrected chi connectivity index (χ2v) is 10.2. The first-order chi connectivity index (χ1) is 18.5. The topological polar surface area (TPSA) is 97.3 Å². The monoisotopic (exact) mass is 507 g/mol. The molecule has 3 aromatic carbocycles. The van der Waals surface area contributed by atoms with Crippen LogP contribution >= 0.6 is 0 Å². The van der Waals surface area contributed by atoms with E-state index >= 15 is 0 Å². The van der Waals surface area contributed by atoms with E-state index in [0.29, 0.717) is 18.9 Å². The number of anilines is 1. The van der Waals surface area contributed by atoms with Crippen LogP contribution in [0, 0.1) is 11.8 Å². The van der Waals surface area contributed by atoms with E-state index in [1.165, 1.54) is 4.90 Å². The molecule has 3 amide bonds. The average Bonchev–Trinajstić information content (AvgIpc) is 3.51. The molecule has 0 spiro atoms. The molecule has 2 bridgehead atoms. The van der Waals surface area contributed by atoms with Crippen LogP contribution in [0.5, 0.6) is 0 Å². The van der Waals surface area contributed by atoms with Crippen molar-refractivity contribution < 1.29 is 23.9 Å². The van der Waals surface area contributed by atoms with Crippen LogP contribution in [0.25, 0.3) is 0 Å². The Morgan fingerprint density at radius 1 is 0.895 bits per heavy atom. The number of carbonyl (C=O) groups is 3. The van der Waals surface area contributed by atoms with Gasteiger partial charge in [0.2, 0.25) is 17.6 Å². The van der Waals surface area contributed by atoms with Crippen LogP contribution in [0.4, 0.5) is 5.69 Å². The van der Waals surface area contributed by atoms with Crippen molar-refractivity contribution in [2.24, 2.45) is 16.9 Å². The number of nitrogens with one attached hydrogen (secondary N) is 1. The Balaban J connectivity index is 1.41. The zero-order chi connectivity index (χ0) is 26.1. The van der Waals surface area contributed by atoms with Gasteiger partial charge in [-0.15, -0.1) is 0 Å². The van der Waals surface area contributed by atoms with E-state index in [2.05, 4.69) is 10.5 Å². The molecule has 8 rings (SSSR count). The van der Waals surface area contributed by atoms with Crippen molar-refractivity contribution in [1.82, 2.24) is 5.43 Å². The second-order valence-electron chi connectivity index (χ2n) is 10.2. The molecule has 2 atom stereocenters. The Bertz CT molecular complexity index is 1460. The van der Waals surface area contributed by atoms with E-state index in [4.69, 9.17) is 9.47 Å². The fourth-order valence-corrected chi connectivity index (χ4v) is 6.82. The molecule has 5 aliphatic rings. The quantitative estimate of drug-likeness (QED) is 0.333. The standard InChI is InChI=1S/C30H25N3O5/c1-29(37-15-16-38-29)28(36)32-31-17-30-21-13-7-5-11-19(21)23(20-12-6-8-14-22(20)30)24-25(30)27(35)33(26(24)34)18-9-3-2-4-10-18/h2-14,17,23-25H,15-16H2,1H3,(H,32,36)/b31-17-/t23?,24-,25+,30?/m0/s1. The lowest BCUT2D eigenvalue weighted by Gasteiger charge is -2.52. The van der Waals surface area contributed by atoms with E-state index < -0.39 is 28.9 Å². The fraction of sp³-hybridized carbons (Fsp3) is 0.267. The molecule has 3 aliphatic carbocycles. The van der Waals surface area contributed by atoms with Gasteiger partial charge in [0.15, 0.2) is 0 Å². The third-order valence-electron chi connectivity index (χ3n) is 8.38. The summed E-state index contributed by atoms with van der Waals surface area (Å²) < 4.78 is 10.9. The van der Waals surface area contributed by atoms with E-state index in [-0.39, 0.29) is 17.7 Å². The van der Waals surface area contributed by atoms with Crippen molar-refractivity contribution in [1.29, 1.82) is 0 Å². The maximum Gasteiger partial charge on any atom is 0.300 e. The molecule has 38 heavy (non-hydrogen) atoms. The highest BCUT2D eigenvalue weighted by Gasteiger charge is 2.68. The van der Waals surface area contributed by atoms with Crippen molar-refractivity contribution in [3.8, 4) is 0 Å². The van der Waals surface area contributed by atoms with Crippen molar-refractivity contribution in [3.05, 3.63) is 101 Å². The Morgan fingerprint density at radius 2 is 1.47 bits per heavy atom. The number of rotatable bonds is 4. The summed E-state index contributed by atoms with van der Waals surface area (Å²) in [6.07, 6.45) is 1.63. The molecule has 190 valence electrons. The van der Waals surface area contributed by atoms with Crippen molar-refractivity contribution >= 4 is 29.6 Å². The van der Waals surface area contributed by atoms with Gasteiger partial charge in [-0.3, -0.25) is 14.4 Å². The summed E-state index contributed by atoms with van der Waals surface area (Å²) in [6.45, 7) is 2.18. The first-order valence-corrected chi connectivity index (χ1v) is 12.7. The van der Waals surface area contributed by atoms with Gasteiger partial charge >= 0.3 is 0 Å². The van der Waals surface area contributed by atoms with Crippen LogP contribution in [0.3, 0.4) is 0 Å². The molecular weight excluding hydrogens is 482 g/mol. The minimum absolute atomic E-state index is 0.220. The number of ether oxygens (including phenoxy) is 2. The van der Waals surface area contributed by atoms with Crippen LogP contribution in [0.15, 0.2) is 84.0 Å². The fourth-order valence-electron chi connectivity index (χ4n) is 6.82. The maximum atomic E-state index is 14.2. The average molecular weight is 508 g/mol. The Kier molecular flexibility index (Phi) is 4.95. The number of para-hydroxylation sites is 1. The first-order valence-electron chi connectivity index (χ1n) is 12.7. The van der Waals surface area contributed by atoms with Crippen molar-refractivity contribution in [3.63, 3.8) is 0 Å². The van der Waals surface area contributed by atoms with Crippen molar-refractivity contribution in [2.75, 3.05) is 18.1 Å². The Morgan fingerprint density at radius 3 is 2.11 bits per heavy atom. The lowest BCUT2D eigenvalue weighted by atomic mass is 9.47. The summed E-state index contributed by atoms with van der Waals surface area (Å²) in [6, 6.07) is 24.9. The highest BCUT2D eigenvalue weighted by molar-refractivity contribution is 6.25. The van der Waals surface area contributed by atoms with Gasteiger partial charge in [-0.25, -0.2) is 10.3 Å². The molecule has 1 N–H and O–H groups in total. The summed E-state index contributed by atoms with van der Waals surface area (Å²) in [4.78, 5) is 42.5. The molecule has 0 unspecified atom stereocenters. The molecule has 0 aromatic heterocycles. The largest absolute Gasteiger partial charge is 0.340 e. The maximum absolute atomic E-state index is 14.2. The van der Waals surface area contributed by atoms with E-state index in [9.17, 15) is 14.4 Å². The summed E-state index contributed by atoms with van der Waals surface area (Å²) >= 11 is 0. The summed E-state index contributed by atoms with van der Waals surface area (Å²) in [5.41, 5.74) is 5.88. The van der Waals surface area contributed by atoms with Gasteiger partial charge in [-0.1, -0.05) is 66.7 Å². The molecule has 0 radical (unpaired) electrons. The van der Waals surface area contributed by atoms with Crippen molar-refractivity contribution in [2.45, 2.75) is 24.0 Å². The molecule has 8 nitrogen and oxygen atoms in total. The highest BCUT2D eigenvalue weighted by Crippen LogP contribution is 2.63. The number of hydrazone groups is 1. The van der Waals surface area contributed by atoms with E-state index in [1.807, 2.05) is 66.7 Å². The number of hydrogen-bond acceptors (Lipinski definition) is 6. The number of benzene rings is 3.